The van der Waals surface area contributed by atoms with Crippen molar-refractivity contribution in [2.75, 3.05) is 12.4 Å². The van der Waals surface area contributed by atoms with Crippen molar-refractivity contribution in [1.82, 2.24) is 4.72 Å². The van der Waals surface area contributed by atoms with Crippen molar-refractivity contribution in [1.29, 1.82) is 0 Å². The zero-order valence-electron chi connectivity index (χ0n) is 11.4. The molecule has 0 bridgehead atoms. The third kappa shape index (κ3) is 4.31. The van der Waals surface area contributed by atoms with Gasteiger partial charge in [-0.25, -0.2) is 13.1 Å². The van der Waals surface area contributed by atoms with Crippen LogP contribution in [0.3, 0.4) is 0 Å². The van der Waals surface area contributed by atoms with Crippen molar-refractivity contribution in [3.05, 3.63) is 24.3 Å². The Morgan fingerprint density at radius 3 is 2.11 bits per heavy atom. The van der Waals surface area contributed by atoms with E-state index < -0.39 is 10.0 Å². The van der Waals surface area contributed by atoms with Crippen LogP contribution in [-0.2, 0) is 10.0 Å². The molecule has 0 aliphatic heterocycles. The van der Waals surface area contributed by atoms with Crippen LogP contribution >= 0.6 is 0 Å². The smallest absolute Gasteiger partial charge is 0.240 e. The highest BCUT2D eigenvalue weighted by Crippen LogP contribution is 2.16. The molecule has 18 heavy (non-hydrogen) atoms. The Bertz CT molecular complexity index is 466. The first-order chi connectivity index (χ1) is 8.35. The van der Waals surface area contributed by atoms with E-state index in [0.29, 0.717) is 12.0 Å². The van der Waals surface area contributed by atoms with Gasteiger partial charge in [0.2, 0.25) is 10.0 Å². The summed E-state index contributed by atoms with van der Waals surface area (Å²) in [5.41, 5.74) is 0.943. The van der Waals surface area contributed by atoms with Gasteiger partial charge in [0.1, 0.15) is 0 Å². The van der Waals surface area contributed by atoms with Crippen LogP contribution in [0.2, 0.25) is 0 Å². The molecule has 1 aromatic rings. The highest BCUT2D eigenvalue weighted by atomic mass is 32.2. The highest BCUT2D eigenvalue weighted by molar-refractivity contribution is 7.89. The van der Waals surface area contributed by atoms with Gasteiger partial charge in [0.25, 0.3) is 0 Å². The second-order valence-corrected chi connectivity index (χ2v) is 6.79. The van der Waals surface area contributed by atoms with E-state index in [1.54, 1.807) is 24.3 Å². The van der Waals surface area contributed by atoms with Gasteiger partial charge in [-0.05, 0) is 50.6 Å². The molecule has 0 fully saturated rings. The third-order valence-corrected chi connectivity index (χ3v) is 4.10. The average molecular weight is 270 g/mol. The molecule has 4 nitrogen and oxygen atoms in total. The van der Waals surface area contributed by atoms with E-state index in [1.807, 2.05) is 0 Å². The van der Waals surface area contributed by atoms with Gasteiger partial charge in [-0.3, -0.25) is 0 Å². The summed E-state index contributed by atoms with van der Waals surface area (Å²) in [6, 6.07) is 7.17. The monoisotopic (exact) mass is 270 g/mol. The summed E-state index contributed by atoms with van der Waals surface area (Å²) in [6.07, 6.45) is 1.08. The van der Waals surface area contributed by atoms with Gasteiger partial charge in [-0.2, -0.15) is 0 Å². The third-order valence-electron chi connectivity index (χ3n) is 2.67. The van der Waals surface area contributed by atoms with E-state index >= 15 is 0 Å². The lowest BCUT2D eigenvalue weighted by Crippen LogP contribution is -2.19. The van der Waals surface area contributed by atoms with E-state index in [4.69, 9.17) is 0 Å². The minimum atomic E-state index is -3.34. The molecular weight excluding hydrogens is 248 g/mol. The van der Waals surface area contributed by atoms with Gasteiger partial charge < -0.3 is 5.32 Å². The molecule has 1 unspecified atom stereocenters. The van der Waals surface area contributed by atoms with Gasteiger partial charge >= 0.3 is 0 Å². The topological polar surface area (TPSA) is 58.2 Å². The molecule has 0 amide bonds. The Morgan fingerprint density at radius 1 is 1.11 bits per heavy atom. The van der Waals surface area contributed by atoms with Crippen LogP contribution in [0.5, 0.6) is 0 Å². The minimum Gasteiger partial charge on any atom is -0.383 e. The lowest BCUT2D eigenvalue weighted by Gasteiger charge is -2.17. The van der Waals surface area contributed by atoms with Crippen LogP contribution in [0.15, 0.2) is 29.2 Å². The van der Waals surface area contributed by atoms with Crippen molar-refractivity contribution in [3.63, 3.8) is 0 Å². The second-order valence-electron chi connectivity index (χ2n) is 4.91. The van der Waals surface area contributed by atoms with E-state index in [2.05, 4.69) is 30.8 Å². The van der Waals surface area contributed by atoms with E-state index in [1.165, 1.54) is 7.05 Å². The van der Waals surface area contributed by atoms with Crippen molar-refractivity contribution in [2.24, 2.45) is 5.92 Å². The Kier molecular flexibility index (Phi) is 5.16. The first kappa shape index (κ1) is 15.0. The van der Waals surface area contributed by atoms with Crippen LogP contribution in [-0.4, -0.2) is 21.5 Å². The second kappa shape index (κ2) is 6.20. The van der Waals surface area contributed by atoms with Gasteiger partial charge in [-0.15, -0.1) is 0 Å². The van der Waals surface area contributed by atoms with Crippen LogP contribution < -0.4 is 10.0 Å². The first-order valence-electron chi connectivity index (χ1n) is 6.15. The number of anilines is 1. The van der Waals surface area contributed by atoms with Gasteiger partial charge in [0.15, 0.2) is 0 Å². The summed E-state index contributed by atoms with van der Waals surface area (Å²) >= 11 is 0. The minimum absolute atomic E-state index is 0.284. The van der Waals surface area contributed by atoms with Crippen LogP contribution in [0.25, 0.3) is 0 Å². The molecule has 2 N–H and O–H groups in total. The molecule has 1 atom stereocenters. The first-order valence-corrected chi connectivity index (χ1v) is 7.63. The van der Waals surface area contributed by atoms with E-state index in [-0.39, 0.29) is 4.90 Å². The number of benzene rings is 1. The Morgan fingerprint density at radius 2 is 1.67 bits per heavy atom. The zero-order valence-corrected chi connectivity index (χ0v) is 12.2. The number of nitrogens with one attached hydrogen (secondary N) is 2. The lowest BCUT2D eigenvalue weighted by molar-refractivity contribution is 0.540. The maximum atomic E-state index is 11.5. The molecule has 0 spiro atoms. The molecule has 102 valence electrons. The summed E-state index contributed by atoms with van der Waals surface area (Å²) in [7, 11) is -1.93. The Hall–Kier alpha value is -1.07. The fraction of sp³-hybridized carbons (Fsp3) is 0.538. The van der Waals surface area contributed by atoms with Gasteiger partial charge in [0, 0.05) is 11.7 Å². The molecule has 1 aromatic carbocycles. The van der Waals surface area contributed by atoms with Gasteiger partial charge in [-0.1, -0.05) is 13.8 Å². The predicted octanol–water partition coefficient (Wildman–Crippen LogP) is 2.44. The maximum absolute atomic E-state index is 11.5. The lowest BCUT2D eigenvalue weighted by atomic mass is 10.1. The summed E-state index contributed by atoms with van der Waals surface area (Å²) < 4.78 is 25.4. The summed E-state index contributed by atoms with van der Waals surface area (Å²) in [4.78, 5) is 0.284. The molecule has 0 radical (unpaired) electrons. The average Bonchev–Trinajstić information content (AvgIpc) is 2.28. The largest absolute Gasteiger partial charge is 0.383 e. The molecule has 0 saturated carbocycles. The van der Waals surface area contributed by atoms with Crippen LogP contribution in [0.4, 0.5) is 5.69 Å². The molecule has 1 rings (SSSR count). The molecule has 5 heteroatoms. The van der Waals surface area contributed by atoms with Crippen molar-refractivity contribution in [3.8, 4) is 0 Å². The van der Waals surface area contributed by atoms with Gasteiger partial charge in [0.05, 0.1) is 4.90 Å². The fourth-order valence-electron chi connectivity index (χ4n) is 1.90. The quantitative estimate of drug-likeness (QED) is 0.834. The Balaban J connectivity index is 2.72. The molecular formula is C13H22N2O2S. The number of rotatable bonds is 6. The molecule has 0 aliphatic rings. The maximum Gasteiger partial charge on any atom is 0.240 e. The Labute approximate surface area is 110 Å². The standard InChI is InChI=1S/C13H22N2O2S/c1-10(2)9-11(3)15-12-5-7-13(8-6-12)18(16,17)14-4/h5-8,10-11,14-15H,9H2,1-4H3. The predicted molar refractivity (Wildman–Crippen MR) is 75.2 cm³/mol. The summed E-state index contributed by atoms with van der Waals surface area (Å²) in [6.45, 7) is 6.49. The summed E-state index contributed by atoms with van der Waals surface area (Å²) in [5, 5.41) is 3.35. The van der Waals surface area contributed by atoms with Crippen molar-refractivity contribution >= 4 is 15.7 Å². The molecule has 0 aromatic heterocycles. The zero-order chi connectivity index (χ0) is 13.8. The fourth-order valence-corrected chi connectivity index (χ4v) is 2.63. The SMILES string of the molecule is CNS(=O)(=O)c1ccc(NC(C)CC(C)C)cc1. The number of hydrogen-bond donors (Lipinski definition) is 2. The molecule has 0 heterocycles. The summed E-state index contributed by atoms with van der Waals surface area (Å²) in [5.74, 6) is 0.636. The molecule has 0 aliphatic carbocycles. The van der Waals surface area contributed by atoms with Crippen molar-refractivity contribution < 1.29 is 8.42 Å². The van der Waals surface area contributed by atoms with E-state index in [9.17, 15) is 8.42 Å². The molecule has 0 saturated heterocycles. The van der Waals surface area contributed by atoms with E-state index in [0.717, 1.165) is 12.1 Å². The van der Waals surface area contributed by atoms with Crippen LogP contribution in [0, 0.1) is 5.92 Å². The number of hydrogen-bond acceptors (Lipinski definition) is 3. The van der Waals surface area contributed by atoms with Crippen LogP contribution in [0.1, 0.15) is 27.2 Å². The normalized spacial score (nSPS) is 13.6. The number of sulfonamides is 1. The van der Waals surface area contributed by atoms with Crippen molar-refractivity contribution in [2.45, 2.75) is 38.1 Å². The highest BCUT2D eigenvalue weighted by Gasteiger charge is 2.11.